The zero-order chi connectivity index (χ0) is 29.0. The minimum atomic E-state index is -4.99. The quantitative estimate of drug-likeness (QED) is 0.333. The van der Waals surface area contributed by atoms with E-state index in [4.69, 9.17) is 9.84 Å². The van der Waals surface area contributed by atoms with Gasteiger partial charge in [0.1, 0.15) is 11.6 Å². The van der Waals surface area contributed by atoms with Crippen LogP contribution in [0.25, 0.3) is 5.57 Å². The molecule has 0 unspecified atom stereocenters. The minimum absolute atomic E-state index is 0.131. The first kappa shape index (κ1) is 30.0. The van der Waals surface area contributed by atoms with Crippen molar-refractivity contribution in [3.8, 4) is 5.75 Å². The number of aliphatic hydroxyl groups excluding tert-OH is 2. The molecule has 39 heavy (non-hydrogen) atoms. The van der Waals surface area contributed by atoms with Gasteiger partial charge in [0.15, 0.2) is 0 Å². The van der Waals surface area contributed by atoms with Crippen LogP contribution in [0.3, 0.4) is 0 Å². The summed E-state index contributed by atoms with van der Waals surface area (Å²) < 4.78 is 91.7. The van der Waals surface area contributed by atoms with Crippen molar-refractivity contribution in [1.29, 1.82) is 0 Å². The number of carbonyl (C=O) groups is 2. The van der Waals surface area contributed by atoms with Gasteiger partial charge in [0.05, 0.1) is 36.1 Å². The maximum atomic E-state index is 15.2. The number of ether oxygens (including phenoxy) is 1. The third-order valence-corrected chi connectivity index (χ3v) is 5.83. The highest BCUT2D eigenvalue weighted by atomic mass is 19.4. The lowest BCUT2D eigenvalue weighted by atomic mass is 9.96. The smallest absolute Gasteiger partial charge is 0.417 e. The van der Waals surface area contributed by atoms with Crippen LogP contribution in [0.2, 0.25) is 0 Å². The Morgan fingerprint density at radius 3 is 2.56 bits per heavy atom. The summed E-state index contributed by atoms with van der Waals surface area (Å²) in [6, 6.07) is 5.17. The molecule has 0 saturated heterocycles. The number of allylic oxidation sites excluding steroid dienone is 1. The van der Waals surface area contributed by atoms with Gasteiger partial charge < -0.3 is 25.2 Å². The van der Waals surface area contributed by atoms with Crippen molar-refractivity contribution in [3.63, 3.8) is 0 Å². The number of carbonyl (C=O) groups excluding carboxylic acids is 2. The highest BCUT2D eigenvalue weighted by Gasteiger charge is 2.43. The van der Waals surface area contributed by atoms with Gasteiger partial charge in [-0.2, -0.15) is 13.2 Å². The van der Waals surface area contributed by atoms with E-state index in [2.05, 4.69) is 5.32 Å². The zero-order valence-electron chi connectivity index (χ0n) is 20.7. The number of rotatable bonds is 8. The predicted octanol–water partition coefficient (Wildman–Crippen LogP) is 4.17. The van der Waals surface area contributed by atoms with Crippen LogP contribution >= 0.6 is 0 Å². The Morgan fingerprint density at radius 1 is 1.21 bits per heavy atom. The number of amides is 2. The van der Waals surface area contributed by atoms with Crippen LogP contribution in [0.1, 0.15) is 41.3 Å². The summed E-state index contributed by atoms with van der Waals surface area (Å²) in [7, 11) is 0. The molecular formula is C26H26F6N2O5. The first-order chi connectivity index (χ1) is 18.3. The molecular weight excluding hydrogens is 534 g/mol. The van der Waals surface area contributed by atoms with Crippen molar-refractivity contribution in [2.24, 2.45) is 0 Å². The molecule has 2 amide bonds. The van der Waals surface area contributed by atoms with Gasteiger partial charge in [-0.3, -0.25) is 9.59 Å². The lowest BCUT2D eigenvalue weighted by Crippen LogP contribution is -2.34. The van der Waals surface area contributed by atoms with Gasteiger partial charge in [-0.1, -0.05) is 6.92 Å². The van der Waals surface area contributed by atoms with E-state index in [1.165, 1.54) is 0 Å². The number of alkyl halides is 5. The van der Waals surface area contributed by atoms with E-state index in [9.17, 15) is 32.3 Å². The molecule has 2 aromatic rings. The van der Waals surface area contributed by atoms with Gasteiger partial charge in [-0.25, -0.2) is 13.2 Å². The molecule has 3 rings (SSSR count). The molecule has 0 radical (unpaired) electrons. The van der Waals surface area contributed by atoms with E-state index in [1.807, 2.05) is 0 Å². The van der Waals surface area contributed by atoms with Gasteiger partial charge >= 0.3 is 6.18 Å². The number of halogens is 6. The van der Waals surface area contributed by atoms with Crippen molar-refractivity contribution in [2.45, 2.75) is 38.0 Å². The molecule has 3 N–H and O–H groups in total. The monoisotopic (exact) mass is 560 g/mol. The van der Waals surface area contributed by atoms with Gasteiger partial charge in [0, 0.05) is 36.7 Å². The summed E-state index contributed by atoms with van der Waals surface area (Å²) >= 11 is 0. The summed E-state index contributed by atoms with van der Waals surface area (Å²) in [5, 5.41) is 20.4. The van der Waals surface area contributed by atoms with E-state index in [0.29, 0.717) is 29.5 Å². The van der Waals surface area contributed by atoms with E-state index in [1.54, 1.807) is 6.92 Å². The third-order valence-electron chi connectivity index (χ3n) is 5.83. The van der Waals surface area contributed by atoms with Crippen molar-refractivity contribution in [2.75, 3.05) is 31.2 Å². The molecule has 13 heteroatoms. The molecule has 0 bridgehead atoms. The van der Waals surface area contributed by atoms with Crippen LogP contribution in [0.5, 0.6) is 5.75 Å². The fraction of sp³-hybridized carbons (Fsp3) is 0.385. The maximum absolute atomic E-state index is 15.2. The molecule has 0 saturated carbocycles. The van der Waals surface area contributed by atoms with Gasteiger partial charge in [-0.15, -0.1) is 0 Å². The number of fused-ring (bicyclic) bond motifs is 1. The highest BCUT2D eigenvalue weighted by Crippen LogP contribution is 2.44. The molecule has 1 aliphatic rings. The van der Waals surface area contributed by atoms with E-state index < -0.39 is 84.2 Å². The van der Waals surface area contributed by atoms with E-state index in [-0.39, 0.29) is 18.0 Å². The molecule has 1 aliphatic heterocycles. The summed E-state index contributed by atoms with van der Waals surface area (Å²) in [5.74, 6) is -7.28. The first-order valence-corrected chi connectivity index (χ1v) is 11.9. The lowest BCUT2D eigenvalue weighted by Gasteiger charge is -2.24. The Bertz CT molecular complexity index is 1250. The maximum Gasteiger partial charge on any atom is 0.417 e. The second kappa shape index (κ2) is 12.1. The largest absolute Gasteiger partial charge is 0.494 e. The number of nitrogens with one attached hydrogen (secondary N) is 1. The number of nitrogens with zero attached hydrogens (tertiary/aromatic N) is 1. The molecule has 212 valence electrons. The van der Waals surface area contributed by atoms with Crippen molar-refractivity contribution < 1.29 is 50.9 Å². The SMILES string of the molecule is CCCOc1ccc(C(=O)N2CCC(F)(F)/C(=C\C(=O)NC[C@@H](O)CO)c3cc(F)ccc32)c(C(F)(F)F)c1. The van der Waals surface area contributed by atoms with Gasteiger partial charge in [0.25, 0.3) is 11.8 Å². The van der Waals surface area contributed by atoms with Crippen LogP contribution in [-0.4, -0.2) is 60.4 Å². The third kappa shape index (κ3) is 7.09. The average Bonchev–Trinajstić information content (AvgIpc) is 2.98. The molecule has 1 atom stereocenters. The van der Waals surface area contributed by atoms with Crippen LogP contribution in [0.4, 0.5) is 32.0 Å². The Balaban J connectivity index is 2.10. The number of benzene rings is 2. The topological polar surface area (TPSA) is 99.1 Å². The zero-order valence-corrected chi connectivity index (χ0v) is 20.7. The second-order valence-electron chi connectivity index (χ2n) is 8.77. The minimum Gasteiger partial charge on any atom is -0.494 e. The Kier molecular flexibility index (Phi) is 9.28. The van der Waals surface area contributed by atoms with Crippen LogP contribution in [-0.2, 0) is 11.0 Å². The lowest BCUT2D eigenvalue weighted by molar-refractivity contribution is -0.138. The molecule has 0 spiro atoms. The van der Waals surface area contributed by atoms with Crippen molar-refractivity contribution in [1.82, 2.24) is 5.32 Å². The predicted molar refractivity (Wildman–Crippen MR) is 129 cm³/mol. The number of anilines is 1. The summed E-state index contributed by atoms with van der Waals surface area (Å²) in [6.07, 6.45) is -6.45. The fourth-order valence-corrected chi connectivity index (χ4v) is 3.92. The normalized spacial score (nSPS) is 16.8. The van der Waals surface area contributed by atoms with Crippen LogP contribution in [0.15, 0.2) is 42.5 Å². The molecule has 0 fully saturated rings. The molecule has 0 aromatic heterocycles. The molecule has 0 aliphatic carbocycles. The summed E-state index contributed by atoms with van der Waals surface area (Å²) in [6.45, 7) is -0.0412. The Labute approximate surface area is 219 Å². The van der Waals surface area contributed by atoms with Crippen LogP contribution < -0.4 is 15.0 Å². The Hall–Kier alpha value is -3.58. The van der Waals surface area contributed by atoms with Crippen molar-refractivity contribution >= 4 is 23.1 Å². The molecule has 1 heterocycles. The van der Waals surface area contributed by atoms with Gasteiger partial charge in [0.2, 0.25) is 5.91 Å². The van der Waals surface area contributed by atoms with Crippen molar-refractivity contribution in [3.05, 3.63) is 65.0 Å². The molecule has 2 aromatic carbocycles. The fourth-order valence-electron chi connectivity index (χ4n) is 3.92. The number of hydrogen-bond acceptors (Lipinski definition) is 5. The summed E-state index contributed by atoms with van der Waals surface area (Å²) in [5.41, 5.74) is -4.03. The highest BCUT2D eigenvalue weighted by molar-refractivity contribution is 6.10. The van der Waals surface area contributed by atoms with Crippen LogP contribution in [0, 0.1) is 5.82 Å². The Morgan fingerprint density at radius 2 is 1.92 bits per heavy atom. The van der Waals surface area contributed by atoms with Gasteiger partial charge in [-0.05, 0) is 42.8 Å². The number of hydrogen-bond donors (Lipinski definition) is 3. The first-order valence-electron chi connectivity index (χ1n) is 11.9. The number of aliphatic hydroxyl groups is 2. The standard InChI is InChI=1S/C26H26F6N2O5/c1-2-9-39-17-4-5-18(21(11-17)26(30,31)32)24(38)34-8-7-25(28,29)20(12-23(37)33-13-16(36)14-35)19-10-15(27)3-6-22(19)34/h3-6,10-12,16,35-36H,2,7-9,13-14H2,1H3,(H,33,37)/b20-12-/t16-/m1/s1. The summed E-state index contributed by atoms with van der Waals surface area (Å²) in [4.78, 5) is 26.4. The van der Waals surface area contributed by atoms with E-state index in [0.717, 1.165) is 24.3 Å². The average molecular weight is 560 g/mol. The second-order valence-corrected chi connectivity index (χ2v) is 8.77. The molecule has 7 nitrogen and oxygen atoms in total. The van der Waals surface area contributed by atoms with E-state index >= 15 is 8.78 Å².